The average Bonchev–Trinajstić information content (AvgIpc) is 3.18. The predicted octanol–water partition coefficient (Wildman–Crippen LogP) is 7.22. The number of hydrogen-bond acceptors (Lipinski definition) is 3. The number of anilines is 1. The van der Waals surface area contributed by atoms with Crippen LogP contribution >= 0.6 is 11.6 Å². The highest BCUT2D eigenvalue weighted by atomic mass is 35.5. The molecule has 0 aliphatic rings. The molecule has 4 aromatic rings. The van der Waals surface area contributed by atoms with Crippen LogP contribution in [0.5, 0.6) is 0 Å². The molecule has 152 valence electrons. The molecule has 1 N–H and O–H groups in total. The van der Waals surface area contributed by atoms with Gasteiger partial charge in [0.25, 0.3) is 5.91 Å². The lowest BCUT2D eigenvalue weighted by atomic mass is 9.98. The zero-order valence-corrected chi connectivity index (χ0v) is 18.0. The van der Waals surface area contributed by atoms with Crippen molar-refractivity contribution in [2.75, 3.05) is 5.32 Å². The molecule has 0 saturated heterocycles. The molecule has 0 aliphatic carbocycles. The molecule has 4 nitrogen and oxygen atoms in total. The highest BCUT2D eigenvalue weighted by Gasteiger charge is 2.13. The first kappa shape index (κ1) is 20.2. The topological polar surface area (TPSA) is 55.1 Å². The maximum absolute atomic E-state index is 12.6. The zero-order valence-electron chi connectivity index (χ0n) is 17.2. The quantitative estimate of drug-likeness (QED) is 0.372. The smallest absolute Gasteiger partial charge is 0.255 e. The van der Waals surface area contributed by atoms with E-state index in [-0.39, 0.29) is 5.91 Å². The Hall–Kier alpha value is -3.11. The number of carbonyl (C=O) groups is 1. The van der Waals surface area contributed by atoms with Crippen molar-refractivity contribution in [3.63, 3.8) is 0 Å². The Morgan fingerprint density at radius 3 is 2.73 bits per heavy atom. The van der Waals surface area contributed by atoms with Crippen LogP contribution < -0.4 is 5.32 Å². The normalized spacial score (nSPS) is 12.1. The number of benzene rings is 3. The molecule has 0 aliphatic heterocycles. The van der Waals surface area contributed by atoms with Crippen molar-refractivity contribution in [1.82, 2.24) is 4.98 Å². The Morgan fingerprint density at radius 2 is 1.97 bits per heavy atom. The fourth-order valence-corrected chi connectivity index (χ4v) is 3.46. The van der Waals surface area contributed by atoms with Crippen LogP contribution in [0.3, 0.4) is 0 Å². The van der Waals surface area contributed by atoms with Crippen molar-refractivity contribution in [2.45, 2.75) is 33.1 Å². The van der Waals surface area contributed by atoms with E-state index >= 15 is 0 Å². The third-order valence-corrected chi connectivity index (χ3v) is 5.80. The van der Waals surface area contributed by atoms with E-state index in [1.807, 2.05) is 43.3 Å². The van der Waals surface area contributed by atoms with Crippen molar-refractivity contribution in [2.24, 2.45) is 0 Å². The number of amides is 1. The second-order valence-electron chi connectivity index (χ2n) is 7.55. The standard InChI is InChI=1S/C25H23ClN2O2/c1-4-15(2)17-10-11-23-22(14-17)28-25(30-23)19-6-5-7-20(12-19)27-24(29)18-9-8-16(3)21(26)13-18/h5-15H,4H2,1-3H3,(H,27,29). The second kappa shape index (κ2) is 8.33. The van der Waals surface area contributed by atoms with Gasteiger partial charge in [-0.25, -0.2) is 4.98 Å². The lowest BCUT2D eigenvalue weighted by Crippen LogP contribution is -2.11. The summed E-state index contributed by atoms with van der Waals surface area (Å²) in [4.78, 5) is 17.3. The maximum atomic E-state index is 12.6. The van der Waals surface area contributed by atoms with Gasteiger partial charge in [-0.3, -0.25) is 4.79 Å². The van der Waals surface area contributed by atoms with E-state index in [2.05, 4.69) is 36.3 Å². The average molecular weight is 419 g/mol. The first-order valence-electron chi connectivity index (χ1n) is 10.0. The zero-order chi connectivity index (χ0) is 21.3. The van der Waals surface area contributed by atoms with Gasteiger partial charge in [-0.05, 0) is 72.9 Å². The summed E-state index contributed by atoms with van der Waals surface area (Å²) >= 11 is 6.14. The summed E-state index contributed by atoms with van der Waals surface area (Å²) in [6, 6.07) is 18.9. The molecule has 0 saturated carbocycles. The third-order valence-electron chi connectivity index (χ3n) is 5.39. The van der Waals surface area contributed by atoms with Crippen LogP contribution in [-0.4, -0.2) is 10.9 Å². The number of hydrogen-bond donors (Lipinski definition) is 1. The Bertz CT molecular complexity index is 1230. The van der Waals surface area contributed by atoms with Crippen molar-refractivity contribution in [1.29, 1.82) is 0 Å². The molecule has 5 heteroatoms. The summed E-state index contributed by atoms with van der Waals surface area (Å²) < 4.78 is 5.95. The van der Waals surface area contributed by atoms with E-state index in [9.17, 15) is 4.79 Å². The van der Waals surface area contributed by atoms with Gasteiger partial charge in [0.05, 0.1) is 0 Å². The van der Waals surface area contributed by atoms with E-state index in [4.69, 9.17) is 16.0 Å². The second-order valence-corrected chi connectivity index (χ2v) is 7.96. The Kier molecular flexibility index (Phi) is 5.60. The van der Waals surface area contributed by atoms with Crippen molar-refractivity contribution in [3.8, 4) is 11.5 Å². The van der Waals surface area contributed by atoms with Gasteiger partial charge < -0.3 is 9.73 Å². The molecule has 1 heterocycles. The summed E-state index contributed by atoms with van der Waals surface area (Å²) in [6.45, 7) is 6.28. The van der Waals surface area contributed by atoms with Gasteiger partial charge in [0.2, 0.25) is 5.89 Å². The van der Waals surface area contributed by atoms with Gasteiger partial charge in [-0.2, -0.15) is 0 Å². The number of nitrogens with zero attached hydrogens (tertiary/aromatic N) is 1. The molecule has 30 heavy (non-hydrogen) atoms. The molecule has 0 radical (unpaired) electrons. The van der Waals surface area contributed by atoms with Crippen molar-refractivity contribution < 1.29 is 9.21 Å². The van der Waals surface area contributed by atoms with Gasteiger partial charge in [0.15, 0.2) is 5.58 Å². The molecule has 3 aromatic carbocycles. The highest BCUT2D eigenvalue weighted by molar-refractivity contribution is 6.31. The maximum Gasteiger partial charge on any atom is 0.255 e. The van der Waals surface area contributed by atoms with Crippen LogP contribution in [0, 0.1) is 6.92 Å². The van der Waals surface area contributed by atoms with Crippen LogP contribution in [0.1, 0.15) is 47.7 Å². The van der Waals surface area contributed by atoms with Gasteiger partial charge >= 0.3 is 0 Å². The van der Waals surface area contributed by atoms with Crippen LogP contribution in [-0.2, 0) is 0 Å². The molecule has 0 bridgehead atoms. The summed E-state index contributed by atoms with van der Waals surface area (Å²) in [5.74, 6) is 0.786. The summed E-state index contributed by atoms with van der Waals surface area (Å²) in [6.07, 6.45) is 1.07. The largest absolute Gasteiger partial charge is 0.436 e. The van der Waals surface area contributed by atoms with E-state index in [1.54, 1.807) is 12.1 Å². The molecule has 1 unspecified atom stereocenters. The van der Waals surface area contributed by atoms with Crippen molar-refractivity contribution >= 4 is 34.3 Å². The van der Waals surface area contributed by atoms with Crippen LogP contribution in [0.4, 0.5) is 5.69 Å². The van der Waals surface area contributed by atoms with Crippen LogP contribution in [0.2, 0.25) is 5.02 Å². The fourth-order valence-electron chi connectivity index (χ4n) is 3.28. The molecular weight excluding hydrogens is 396 g/mol. The number of aryl methyl sites for hydroxylation is 1. The molecular formula is C25H23ClN2O2. The Morgan fingerprint density at radius 1 is 1.13 bits per heavy atom. The summed E-state index contributed by atoms with van der Waals surface area (Å²) in [5.41, 5.74) is 5.75. The summed E-state index contributed by atoms with van der Waals surface area (Å²) in [5, 5.41) is 3.48. The number of nitrogens with one attached hydrogen (secondary N) is 1. The minimum Gasteiger partial charge on any atom is -0.436 e. The predicted molar refractivity (Wildman–Crippen MR) is 122 cm³/mol. The Balaban J connectivity index is 1.59. The van der Waals surface area contributed by atoms with E-state index < -0.39 is 0 Å². The summed E-state index contributed by atoms with van der Waals surface area (Å²) in [7, 11) is 0. The first-order valence-corrected chi connectivity index (χ1v) is 10.4. The number of carbonyl (C=O) groups excluding carboxylic acids is 1. The number of fused-ring (bicyclic) bond motifs is 1. The number of oxazole rings is 1. The minimum absolute atomic E-state index is 0.218. The van der Waals surface area contributed by atoms with Gasteiger partial charge in [0, 0.05) is 21.8 Å². The third kappa shape index (κ3) is 4.10. The first-order chi connectivity index (χ1) is 14.4. The number of rotatable bonds is 5. The molecule has 0 fully saturated rings. The van der Waals surface area contributed by atoms with Crippen molar-refractivity contribution in [3.05, 3.63) is 82.4 Å². The van der Waals surface area contributed by atoms with Crippen LogP contribution in [0.25, 0.3) is 22.6 Å². The molecule has 0 spiro atoms. The fraction of sp³-hybridized carbons (Fsp3) is 0.200. The molecule has 1 amide bonds. The molecule has 1 aromatic heterocycles. The van der Waals surface area contributed by atoms with Gasteiger partial charge in [-0.15, -0.1) is 0 Å². The lowest BCUT2D eigenvalue weighted by Gasteiger charge is -2.07. The SMILES string of the molecule is CCC(C)c1ccc2oc(-c3cccc(NC(=O)c4ccc(C)c(Cl)c4)c3)nc2c1. The monoisotopic (exact) mass is 418 g/mol. The molecule has 1 atom stereocenters. The van der Waals surface area contributed by atoms with E-state index in [1.165, 1.54) is 5.56 Å². The number of aromatic nitrogens is 1. The van der Waals surface area contributed by atoms with Crippen LogP contribution in [0.15, 0.2) is 65.1 Å². The van der Waals surface area contributed by atoms with Gasteiger partial charge in [0.1, 0.15) is 5.52 Å². The lowest BCUT2D eigenvalue weighted by molar-refractivity contribution is 0.102. The highest BCUT2D eigenvalue weighted by Crippen LogP contribution is 2.29. The number of halogens is 1. The van der Waals surface area contributed by atoms with E-state index in [0.717, 1.165) is 28.6 Å². The molecule has 4 rings (SSSR count). The van der Waals surface area contributed by atoms with E-state index in [0.29, 0.717) is 28.1 Å². The Labute approximate surface area is 180 Å². The minimum atomic E-state index is -0.218. The van der Waals surface area contributed by atoms with Gasteiger partial charge in [-0.1, -0.05) is 43.6 Å².